The minimum Gasteiger partial charge on any atom is -0.337 e. The number of carbonyl (C=O) groups excluding carboxylic acids is 1. The highest BCUT2D eigenvalue weighted by Gasteiger charge is 2.40. The largest absolute Gasteiger partial charge is 0.337 e. The smallest absolute Gasteiger partial charge is 0.274 e. The molecular weight excluding hydrogens is 497 g/mol. The zero-order valence-corrected chi connectivity index (χ0v) is 19.5. The van der Waals surface area contributed by atoms with Crippen LogP contribution in [0.4, 0.5) is 21.5 Å². The van der Waals surface area contributed by atoms with Crippen LogP contribution in [0.1, 0.15) is 0 Å². The molecule has 2 aliphatic heterocycles. The molecule has 0 aromatic heterocycles. The molecule has 3 aromatic rings. The summed E-state index contributed by atoms with van der Waals surface area (Å²) in [4.78, 5) is 23.6. The Morgan fingerprint density at radius 1 is 0.968 bits per heavy atom. The molecule has 31 heavy (non-hydrogen) atoms. The highest BCUT2D eigenvalue weighted by atomic mass is 79.9. The number of amidine groups is 1. The van der Waals surface area contributed by atoms with E-state index in [1.807, 2.05) is 60.5 Å². The molecule has 0 aliphatic carbocycles. The van der Waals surface area contributed by atoms with Crippen LogP contribution in [-0.2, 0) is 4.79 Å². The molecule has 2 heterocycles. The highest BCUT2D eigenvalue weighted by molar-refractivity contribution is 9.10. The topological polar surface area (TPSA) is 35.9 Å². The van der Waals surface area contributed by atoms with Gasteiger partial charge in [0.15, 0.2) is 5.17 Å². The van der Waals surface area contributed by atoms with Gasteiger partial charge in [0, 0.05) is 16.4 Å². The fraction of sp³-hybridized carbons (Fsp3) is 0.0435. The second-order valence-corrected chi connectivity index (χ2v) is 9.78. The predicted molar refractivity (Wildman–Crippen MR) is 130 cm³/mol. The maximum Gasteiger partial charge on any atom is 0.274 e. The number of benzene rings is 3. The third-order valence-corrected chi connectivity index (χ3v) is 7.72. The summed E-state index contributed by atoms with van der Waals surface area (Å²) in [6.45, 7) is 0. The summed E-state index contributed by atoms with van der Waals surface area (Å²) >= 11 is 6.37. The van der Waals surface area contributed by atoms with Crippen molar-refractivity contribution in [3.05, 3.63) is 93.0 Å². The Hall–Kier alpha value is -2.55. The summed E-state index contributed by atoms with van der Waals surface area (Å²) in [7, 11) is 1.96. The van der Waals surface area contributed by atoms with Crippen molar-refractivity contribution in [2.24, 2.45) is 4.99 Å². The van der Waals surface area contributed by atoms with E-state index in [0.717, 1.165) is 25.8 Å². The lowest BCUT2D eigenvalue weighted by Crippen LogP contribution is -2.29. The molecule has 1 saturated heterocycles. The number of rotatable bonds is 2. The zero-order valence-electron chi connectivity index (χ0n) is 16.3. The first-order valence-corrected chi connectivity index (χ1v) is 11.8. The SMILES string of the molecule is CN1C(=C2SC(=Nc3cccc(Br)c3)N(c3ccc(F)cc3)C2=O)Sc2ccccc21. The van der Waals surface area contributed by atoms with E-state index in [0.29, 0.717) is 15.8 Å². The number of hydrogen-bond acceptors (Lipinski definition) is 5. The summed E-state index contributed by atoms with van der Waals surface area (Å²) in [5, 5.41) is 1.39. The van der Waals surface area contributed by atoms with Crippen molar-refractivity contribution in [3.8, 4) is 0 Å². The van der Waals surface area contributed by atoms with Crippen LogP contribution in [0.3, 0.4) is 0 Å². The lowest BCUT2D eigenvalue weighted by molar-refractivity contribution is -0.113. The van der Waals surface area contributed by atoms with Gasteiger partial charge < -0.3 is 4.90 Å². The molecule has 1 fully saturated rings. The summed E-state index contributed by atoms with van der Waals surface area (Å²) in [5.41, 5.74) is 2.36. The van der Waals surface area contributed by atoms with Crippen LogP contribution in [0.25, 0.3) is 0 Å². The zero-order chi connectivity index (χ0) is 21.5. The van der Waals surface area contributed by atoms with Gasteiger partial charge in [-0.25, -0.2) is 9.38 Å². The van der Waals surface area contributed by atoms with E-state index >= 15 is 0 Å². The van der Waals surface area contributed by atoms with Crippen molar-refractivity contribution in [3.63, 3.8) is 0 Å². The number of carbonyl (C=O) groups is 1. The van der Waals surface area contributed by atoms with Crippen molar-refractivity contribution in [1.29, 1.82) is 0 Å². The summed E-state index contributed by atoms with van der Waals surface area (Å²) in [6.07, 6.45) is 0. The summed E-state index contributed by atoms with van der Waals surface area (Å²) in [6, 6.07) is 21.5. The number of para-hydroxylation sites is 1. The average Bonchev–Trinajstić information content (AvgIpc) is 3.26. The van der Waals surface area contributed by atoms with Gasteiger partial charge in [0.2, 0.25) is 0 Å². The molecule has 0 N–H and O–H groups in total. The van der Waals surface area contributed by atoms with Crippen molar-refractivity contribution < 1.29 is 9.18 Å². The van der Waals surface area contributed by atoms with Gasteiger partial charge in [-0.15, -0.1) is 0 Å². The van der Waals surface area contributed by atoms with Crippen LogP contribution >= 0.6 is 39.5 Å². The van der Waals surface area contributed by atoms with Crippen LogP contribution in [0.2, 0.25) is 0 Å². The van der Waals surface area contributed by atoms with E-state index in [1.165, 1.54) is 23.9 Å². The van der Waals surface area contributed by atoms with Gasteiger partial charge >= 0.3 is 0 Å². The summed E-state index contributed by atoms with van der Waals surface area (Å²) < 4.78 is 14.4. The van der Waals surface area contributed by atoms with Gasteiger partial charge in [0.25, 0.3) is 5.91 Å². The second-order valence-electron chi connectivity index (χ2n) is 6.86. The van der Waals surface area contributed by atoms with Crippen LogP contribution in [0, 0.1) is 5.82 Å². The van der Waals surface area contributed by atoms with Crippen LogP contribution in [0.15, 0.2) is 97.1 Å². The van der Waals surface area contributed by atoms with E-state index < -0.39 is 0 Å². The van der Waals surface area contributed by atoms with Crippen LogP contribution < -0.4 is 9.80 Å². The molecule has 154 valence electrons. The van der Waals surface area contributed by atoms with E-state index in [9.17, 15) is 9.18 Å². The van der Waals surface area contributed by atoms with E-state index in [2.05, 4.69) is 15.9 Å². The Morgan fingerprint density at radius 2 is 1.74 bits per heavy atom. The molecule has 2 aliphatic rings. The second kappa shape index (κ2) is 8.18. The molecule has 4 nitrogen and oxygen atoms in total. The quantitative estimate of drug-likeness (QED) is 0.355. The first kappa shape index (κ1) is 20.4. The third kappa shape index (κ3) is 3.79. The summed E-state index contributed by atoms with van der Waals surface area (Å²) in [5.74, 6) is -0.527. The minimum absolute atomic E-state index is 0.174. The highest BCUT2D eigenvalue weighted by Crippen LogP contribution is 2.50. The predicted octanol–water partition coefficient (Wildman–Crippen LogP) is 6.77. The minimum atomic E-state index is -0.353. The number of fused-ring (bicyclic) bond motifs is 1. The number of nitrogens with zero attached hydrogens (tertiary/aromatic N) is 3. The van der Waals surface area contributed by atoms with Gasteiger partial charge in [-0.05, 0) is 66.4 Å². The number of anilines is 2. The normalized spacial score (nSPS) is 19.5. The maximum atomic E-state index is 13.6. The Labute approximate surface area is 196 Å². The Bertz CT molecular complexity index is 1260. The van der Waals surface area contributed by atoms with Crippen molar-refractivity contribution >= 4 is 67.6 Å². The van der Waals surface area contributed by atoms with Crippen molar-refractivity contribution in [2.45, 2.75) is 4.90 Å². The van der Waals surface area contributed by atoms with E-state index in [-0.39, 0.29) is 11.7 Å². The van der Waals surface area contributed by atoms with Crippen LogP contribution in [0.5, 0.6) is 0 Å². The fourth-order valence-electron chi connectivity index (χ4n) is 3.35. The van der Waals surface area contributed by atoms with Crippen LogP contribution in [-0.4, -0.2) is 18.1 Å². The Kier molecular flexibility index (Phi) is 5.37. The monoisotopic (exact) mass is 511 g/mol. The molecule has 3 aromatic carbocycles. The van der Waals surface area contributed by atoms with Crippen molar-refractivity contribution in [2.75, 3.05) is 16.8 Å². The number of hydrogen-bond donors (Lipinski definition) is 0. The lowest BCUT2D eigenvalue weighted by Gasteiger charge is -2.16. The number of thioether (sulfide) groups is 2. The molecule has 5 rings (SSSR count). The standard InChI is InChI=1S/C23H15BrFN3OS2/c1-27-18-7-2-3-8-19(18)30-22(27)20-21(29)28(17-11-9-15(25)10-12-17)23(31-20)26-16-6-4-5-14(24)13-16/h2-13H,1H3. The molecule has 0 bridgehead atoms. The molecule has 0 unspecified atom stereocenters. The maximum absolute atomic E-state index is 13.6. The van der Waals surface area contributed by atoms with Crippen molar-refractivity contribution in [1.82, 2.24) is 0 Å². The molecular formula is C23H15BrFN3OS2. The van der Waals surface area contributed by atoms with Gasteiger partial charge in [0.1, 0.15) is 10.7 Å². The van der Waals surface area contributed by atoms with Gasteiger partial charge in [-0.3, -0.25) is 9.69 Å². The van der Waals surface area contributed by atoms with E-state index in [1.54, 1.807) is 28.8 Å². The Balaban J connectivity index is 1.62. The number of amides is 1. The average molecular weight is 512 g/mol. The first-order chi connectivity index (χ1) is 15.0. The third-order valence-electron chi connectivity index (χ3n) is 4.83. The molecule has 0 atom stereocenters. The van der Waals surface area contributed by atoms with Gasteiger partial charge in [-0.1, -0.05) is 45.9 Å². The van der Waals surface area contributed by atoms with E-state index in [4.69, 9.17) is 4.99 Å². The molecule has 8 heteroatoms. The first-order valence-electron chi connectivity index (χ1n) is 9.38. The fourth-order valence-corrected chi connectivity index (χ4v) is 6.09. The lowest BCUT2D eigenvalue weighted by atomic mass is 10.3. The molecule has 0 spiro atoms. The molecule has 1 amide bonds. The molecule has 0 radical (unpaired) electrons. The number of aliphatic imine (C=N–C) groups is 1. The van der Waals surface area contributed by atoms with Gasteiger partial charge in [-0.2, -0.15) is 0 Å². The number of halogens is 2. The Morgan fingerprint density at radius 3 is 2.48 bits per heavy atom. The molecule has 0 saturated carbocycles. The van der Waals surface area contributed by atoms with Gasteiger partial charge in [0.05, 0.1) is 22.1 Å².